The van der Waals surface area contributed by atoms with Crippen LogP contribution in [-0.2, 0) is 11.2 Å². The molecule has 0 unspecified atom stereocenters. The van der Waals surface area contributed by atoms with Gasteiger partial charge in [0.25, 0.3) is 6.29 Å². The molecule has 0 atom stereocenters. The Kier molecular flexibility index (Phi) is 2.26. The highest BCUT2D eigenvalue weighted by Gasteiger charge is 2.02. The molecule has 1 radical (unpaired) electrons. The molecule has 1 aromatic rings. The first-order valence-electron chi connectivity index (χ1n) is 3.33. The third-order valence-corrected chi connectivity index (χ3v) is 1.36. The summed E-state index contributed by atoms with van der Waals surface area (Å²) in [6.07, 6.45) is 5.17. The van der Waals surface area contributed by atoms with E-state index >= 15 is 0 Å². The van der Waals surface area contributed by atoms with Crippen LogP contribution < -0.4 is 0 Å². The van der Waals surface area contributed by atoms with E-state index < -0.39 is 0 Å². The lowest BCUT2D eigenvalue weighted by Gasteiger charge is -1.89. The normalized spacial score (nSPS) is 9.70. The Hall–Kier alpha value is -1.05. The van der Waals surface area contributed by atoms with Gasteiger partial charge in [-0.05, 0) is 12.5 Å². The van der Waals surface area contributed by atoms with Crippen molar-refractivity contribution in [2.75, 3.05) is 0 Å². The molecule has 0 aliphatic carbocycles. The summed E-state index contributed by atoms with van der Waals surface area (Å²) in [5, 5.41) is 0. The van der Waals surface area contributed by atoms with E-state index in [4.69, 9.17) is 4.42 Å². The molecular formula is C8H9O2. The summed E-state index contributed by atoms with van der Waals surface area (Å²) in [6.45, 7) is 2.06. The van der Waals surface area contributed by atoms with E-state index in [1.54, 1.807) is 6.29 Å². The van der Waals surface area contributed by atoms with E-state index in [0.717, 1.165) is 18.4 Å². The minimum atomic E-state index is 0.349. The quantitative estimate of drug-likeness (QED) is 0.634. The van der Waals surface area contributed by atoms with Crippen LogP contribution in [0.2, 0.25) is 0 Å². The number of rotatable bonds is 3. The Morgan fingerprint density at radius 3 is 3.10 bits per heavy atom. The van der Waals surface area contributed by atoms with Gasteiger partial charge in [0.1, 0.15) is 0 Å². The SMILES string of the molecule is CCCc1ccoc1[C]=O. The van der Waals surface area contributed by atoms with E-state index in [2.05, 4.69) is 6.92 Å². The summed E-state index contributed by atoms with van der Waals surface area (Å²) in [7, 11) is 0. The molecule has 0 fully saturated rings. The van der Waals surface area contributed by atoms with Gasteiger partial charge in [-0.1, -0.05) is 13.3 Å². The highest BCUT2D eigenvalue weighted by molar-refractivity contribution is 5.73. The fourth-order valence-corrected chi connectivity index (χ4v) is 0.891. The average molecular weight is 137 g/mol. The first-order chi connectivity index (χ1) is 4.88. The molecule has 2 nitrogen and oxygen atoms in total. The molecule has 0 amide bonds. The summed E-state index contributed by atoms with van der Waals surface area (Å²) in [6, 6.07) is 1.81. The number of furan rings is 1. The molecule has 53 valence electrons. The third-order valence-electron chi connectivity index (χ3n) is 1.36. The predicted molar refractivity (Wildman–Crippen MR) is 37.5 cm³/mol. The Morgan fingerprint density at radius 2 is 2.50 bits per heavy atom. The first kappa shape index (κ1) is 7.06. The van der Waals surface area contributed by atoms with Crippen molar-refractivity contribution < 1.29 is 9.21 Å². The van der Waals surface area contributed by atoms with Crippen LogP contribution in [0.3, 0.4) is 0 Å². The standard InChI is InChI=1S/C8H9O2/c1-2-3-7-4-5-10-8(7)6-9/h4-5H,2-3H2,1H3. The van der Waals surface area contributed by atoms with Gasteiger partial charge in [-0.3, -0.25) is 4.79 Å². The topological polar surface area (TPSA) is 30.2 Å². The van der Waals surface area contributed by atoms with Crippen molar-refractivity contribution in [2.24, 2.45) is 0 Å². The monoisotopic (exact) mass is 137 g/mol. The molecule has 0 aliphatic rings. The lowest BCUT2D eigenvalue weighted by Crippen LogP contribution is -1.85. The fourth-order valence-electron chi connectivity index (χ4n) is 0.891. The largest absolute Gasteiger partial charge is 0.460 e. The van der Waals surface area contributed by atoms with Crippen LogP contribution >= 0.6 is 0 Å². The van der Waals surface area contributed by atoms with Crippen molar-refractivity contribution in [2.45, 2.75) is 19.8 Å². The minimum Gasteiger partial charge on any atom is -0.460 e. The molecule has 0 spiro atoms. The molecule has 1 rings (SSSR count). The Morgan fingerprint density at radius 1 is 1.70 bits per heavy atom. The zero-order chi connectivity index (χ0) is 7.40. The van der Waals surface area contributed by atoms with E-state index in [-0.39, 0.29) is 0 Å². The third kappa shape index (κ3) is 1.26. The van der Waals surface area contributed by atoms with Gasteiger partial charge in [0, 0.05) is 5.56 Å². The van der Waals surface area contributed by atoms with Gasteiger partial charge in [0.2, 0.25) is 0 Å². The second kappa shape index (κ2) is 3.20. The smallest absolute Gasteiger partial charge is 0.272 e. The van der Waals surface area contributed by atoms with E-state index in [0.29, 0.717) is 5.76 Å². The molecule has 1 heterocycles. The Bertz CT molecular complexity index is 213. The maximum Gasteiger partial charge on any atom is 0.272 e. The molecule has 10 heavy (non-hydrogen) atoms. The minimum absolute atomic E-state index is 0.349. The maximum atomic E-state index is 10.1. The fraction of sp³-hybridized carbons (Fsp3) is 0.375. The van der Waals surface area contributed by atoms with Crippen molar-refractivity contribution in [3.8, 4) is 0 Å². The van der Waals surface area contributed by atoms with Crippen molar-refractivity contribution in [1.29, 1.82) is 0 Å². The van der Waals surface area contributed by atoms with Crippen LogP contribution in [0.5, 0.6) is 0 Å². The highest BCUT2D eigenvalue weighted by atomic mass is 16.3. The van der Waals surface area contributed by atoms with Crippen LogP contribution in [0.25, 0.3) is 0 Å². The zero-order valence-corrected chi connectivity index (χ0v) is 5.89. The molecule has 1 aromatic heterocycles. The summed E-state index contributed by atoms with van der Waals surface area (Å²) < 4.78 is 4.84. The lowest BCUT2D eigenvalue weighted by molar-refractivity contribution is 0.515. The van der Waals surface area contributed by atoms with Gasteiger partial charge in [0.05, 0.1) is 6.26 Å². The number of hydrogen-bond donors (Lipinski definition) is 0. The Balaban J connectivity index is 2.79. The molecule has 0 aromatic carbocycles. The van der Waals surface area contributed by atoms with Gasteiger partial charge in [0.15, 0.2) is 5.76 Å². The summed E-state index contributed by atoms with van der Waals surface area (Å²) in [4.78, 5) is 10.1. The average Bonchev–Trinajstić information content (AvgIpc) is 2.36. The van der Waals surface area contributed by atoms with Crippen molar-refractivity contribution >= 4 is 6.29 Å². The van der Waals surface area contributed by atoms with Crippen LogP contribution in [0.15, 0.2) is 16.7 Å². The molecule has 0 bridgehead atoms. The number of hydrogen-bond acceptors (Lipinski definition) is 2. The Labute approximate surface area is 59.8 Å². The van der Waals surface area contributed by atoms with E-state index in [9.17, 15) is 4.79 Å². The van der Waals surface area contributed by atoms with Gasteiger partial charge in [-0.2, -0.15) is 0 Å². The number of aryl methyl sites for hydroxylation is 1. The van der Waals surface area contributed by atoms with Crippen LogP contribution in [0, 0.1) is 0 Å². The summed E-state index contributed by atoms with van der Waals surface area (Å²) >= 11 is 0. The predicted octanol–water partition coefficient (Wildman–Crippen LogP) is 1.69. The molecule has 0 saturated carbocycles. The van der Waals surface area contributed by atoms with Crippen LogP contribution in [-0.4, -0.2) is 6.29 Å². The van der Waals surface area contributed by atoms with Crippen molar-refractivity contribution in [3.63, 3.8) is 0 Å². The van der Waals surface area contributed by atoms with Gasteiger partial charge in [-0.25, -0.2) is 0 Å². The van der Waals surface area contributed by atoms with Crippen molar-refractivity contribution in [1.82, 2.24) is 0 Å². The second-order valence-corrected chi connectivity index (χ2v) is 2.13. The number of carbonyl (C=O) groups excluding carboxylic acids is 1. The molecule has 0 saturated heterocycles. The molecular weight excluding hydrogens is 128 g/mol. The lowest BCUT2D eigenvalue weighted by atomic mass is 10.1. The zero-order valence-electron chi connectivity index (χ0n) is 5.89. The van der Waals surface area contributed by atoms with Gasteiger partial charge < -0.3 is 4.42 Å². The molecule has 0 N–H and O–H groups in total. The molecule has 0 aliphatic heterocycles. The van der Waals surface area contributed by atoms with Crippen molar-refractivity contribution in [3.05, 3.63) is 23.7 Å². The maximum absolute atomic E-state index is 10.1. The first-order valence-corrected chi connectivity index (χ1v) is 3.33. The van der Waals surface area contributed by atoms with Gasteiger partial charge in [-0.15, -0.1) is 0 Å². The highest BCUT2D eigenvalue weighted by Crippen LogP contribution is 2.09. The molecule has 2 heteroatoms. The summed E-state index contributed by atoms with van der Waals surface area (Å²) in [5.41, 5.74) is 0.956. The van der Waals surface area contributed by atoms with Crippen LogP contribution in [0.1, 0.15) is 24.7 Å². The van der Waals surface area contributed by atoms with Crippen LogP contribution in [0.4, 0.5) is 0 Å². The van der Waals surface area contributed by atoms with E-state index in [1.165, 1.54) is 6.26 Å². The van der Waals surface area contributed by atoms with Gasteiger partial charge >= 0.3 is 0 Å². The summed E-state index contributed by atoms with van der Waals surface area (Å²) in [5.74, 6) is 0.349. The van der Waals surface area contributed by atoms with E-state index in [1.807, 2.05) is 6.07 Å². The second-order valence-electron chi connectivity index (χ2n) is 2.13.